The van der Waals surface area contributed by atoms with Crippen molar-refractivity contribution in [1.82, 2.24) is 4.90 Å². The van der Waals surface area contributed by atoms with E-state index in [1.165, 1.54) is 0 Å². The number of carboxylic acids is 1. The van der Waals surface area contributed by atoms with Gasteiger partial charge in [0.25, 0.3) is 0 Å². The lowest BCUT2D eigenvalue weighted by molar-refractivity contribution is -0.144. The third-order valence-electron chi connectivity index (χ3n) is 4.13. The maximum absolute atomic E-state index is 12.0. The fraction of sp³-hybridized carbons (Fsp3) is 0.556. The Balaban J connectivity index is 2.03. The van der Waals surface area contributed by atoms with Gasteiger partial charge in [-0.15, -0.1) is 0 Å². The van der Waals surface area contributed by atoms with E-state index in [0.717, 1.165) is 24.2 Å². The van der Waals surface area contributed by atoms with E-state index in [2.05, 4.69) is 26.8 Å². The van der Waals surface area contributed by atoms with Crippen LogP contribution in [0.2, 0.25) is 0 Å². The number of hydrogen-bond acceptors (Lipinski definition) is 3. The number of carboxylic acid groups (broad SMARTS) is 1. The van der Waals surface area contributed by atoms with Crippen molar-refractivity contribution in [2.24, 2.45) is 0 Å². The van der Waals surface area contributed by atoms with Crippen LogP contribution in [0.25, 0.3) is 0 Å². The molecular formula is C18H25NO4. The molecule has 1 unspecified atom stereocenters. The van der Waals surface area contributed by atoms with Gasteiger partial charge in [0, 0.05) is 6.54 Å². The van der Waals surface area contributed by atoms with Gasteiger partial charge in [-0.05, 0) is 29.9 Å². The molecule has 1 aromatic carbocycles. The topological polar surface area (TPSA) is 66.8 Å². The summed E-state index contributed by atoms with van der Waals surface area (Å²) in [6, 6.07) is 7.88. The molecule has 1 N–H and O–H groups in total. The molecule has 5 heteroatoms. The Hall–Kier alpha value is -2.04. The first kappa shape index (κ1) is 17.3. The molecule has 2 rings (SSSR count). The molecule has 1 heterocycles. The standard InChI is InChI=1S/C18H25NO4/c1-18(2,3)14-8-4-5-9-15(14)23-12-13-7-6-10-19(13)16(20)11-17(21)22/h4-5,8-9,13H,6-7,10-12H2,1-3H3,(H,21,22). The molecule has 1 aliphatic heterocycles. The van der Waals surface area contributed by atoms with Crippen molar-refractivity contribution in [3.8, 4) is 5.75 Å². The first-order valence-corrected chi connectivity index (χ1v) is 8.02. The van der Waals surface area contributed by atoms with Crippen LogP contribution in [-0.4, -0.2) is 41.1 Å². The SMILES string of the molecule is CC(C)(C)c1ccccc1OCC1CCCN1C(=O)CC(=O)O. The molecule has 0 bridgehead atoms. The fourth-order valence-corrected chi connectivity index (χ4v) is 2.97. The minimum absolute atomic E-state index is 0.0227. The summed E-state index contributed by atoms with van der Waals surface area (Å²) in [4.78, 5) is 24.4. The third-order valence-corrected chi connectivity index (χ3v) is 4.13. The van der Waals surface area contributed by atoms with Crippen molar-refractivity contribution in [1.29, 1.82) is 0 Å². The van der Waals surface area contributed by atoms with E-state index >= 15 is 0 Å². The van der Waals surface area contributed by atoms with Crippen molar-refractivity contribution in [2.75, 3.05) is 13.2 Å². The Bertz CT molecular complexity index is 577. The van der Waals surface area contributed by atoms with E-state index < -0.39 is 12.4 Å². The normalized spacial score (nSPS) is 18.0. The van der Waals surface area contributed by atoms with Crippen LogP contribution in [0.4, 0.5) is 0 Å². The maximum Gasteiger partial charge on any atom is 0.312 e. The van der Waals surface area contributed by atoms with Crippen LogP contribution in [0.5, 0.6) is 5.75 Å². The molecule has 1 saturated heterocycles. The van der Waals surface area contributed by atoms with E-state index in [4.69, 9.17) is 9.84 Å². The van der Waals surface area contributed by atoms with Gasteiger partial charge in [-0.2, -0.15) is 0 Å². The summed E-state index contributed by atoms with van der Waals surface area (Å²) in [5.41, 5.74) is 1.10. The summed E-state index contributed by atoms with van der Waals surface area (Å²) in [6.45, 7) is 7.41. The highest BCUT2D eigenvalue weighted by molar-refractivity contribution is 5.93. The Morgan fingerprint density at radius 1 is 1.30 bits per heavy atom. The first-order valence-electron chi connectivity index (χ1n) is 8.02. The molecule has 1 aromatic rings. The van der Waals surface area contributed by atoms with Crippen LogP contribution in [0.15, 0.2) is 24.3 Å². The molecule has 23 heavy (non-hydrogen) atoms. The summed E-state index contributed by atoms with van der Waals surface area (Å²) in [7, 11) is 0. The number of para-hydroxylation sites is 1. The van der Waals surface area contributed by atoms with Crippen molar-refractivity contribution >= 4 is 11.9 Å². The summed E-state index contributed by atoms with van der Waals surface area (Å²) in [6.07, 6.45) is 1.29. The number of amides is 1. The van der Waals surface area contributed by atoms with Gasteiger partial charge in [-0.25, -0.2) is 0 Å². The van der Waals surface area contributed by atoms with Gasteiger partial charge in [-0.1, -0.05) is 39.0 Å². The molecule has 1 atom stereocenters. The van der Waals surface area contributed by atoms with E-state index in [9.17, 15) is 9.59 Å². The second-order valence-corrected chi connectivity index (χ2v) is 7.01. The van der Waals surface area contributed by atoms with Gasteiger partial charge < -0.3 is 14.7 Å². The highest BCUT2D eigenvalue weighted by Crippen LogP contribution is 2.31. The minimum Gasteiger partial charge on any atom is -0.491 e. The van der Waals surface area contributed by atoms with E-state index in [0.29, 0.717) is 13.2 Å². The maximum atomic E-state index is 12.0. The second kappa shape index (κ2) is 7.02. The number of hydrogen-bond donors (Lipinski definition) is 1. The zero-order chi connectivity index (χ0) is 17.0. The molecule has 0 radical (unpaired) electrons. The summed E-state index contributed by atoms with van der Waals surface area (Å²) in [5, 5.41) is 8.79. The van der Waals surface area contributed by atoms with Crippen LogP contribution < -0.4 is 4.74 Å². The molecule has 126 valence electrons. The Morgan fingerprint density at radius 3 is 2.65 bits per heavy atom. The first-order chi connectivity index (χ1) is 10.8. The molecular weight excluding hydrogens is 294 g/mol. The molecule has 5 nitrogen and oxygen atoms in total. The van der Waals surface area contributed by atoms with Gasteiger partial charge in [0.15, 0.2) is 0 Å². The number of carbonyl (C=O) groups excluding carboxylic acids is 1. The molecule has 0 aromatic heterocycles. The van der Waals surface area contributed by atoms with Gasteiger partial charge in [0.05, 0.1) is 6.04 Å². The molecule has 1 amide bonds. The van der Waals surface area contributed by atoms with Crippen LogP contribution in [0.3, 0.4) is 0 Å². The van der Waals surface area contributed by atoms with E-state index in [1.807, 2.05) is 18.2 Å². The number of ether oxygens (including phenoxy) is 1. The molecule has 1 fully saturated rings. The quantitative estimate of drug-likeness (QED) is 0.848. The van der Waals surface area contributed by atoms with Crippen LogP contribution in [-0.2, 0) is 15.0 Å². The molecule has 0 aliphatic carbocycles. The minimum atomic E-state index is -1.08. The molecule has 1 aliphatic rings. The summed E-state index contributed by atoms with van der Waals surface area (Å²) < 4.78 is 5.99. The van der Waals surface area contributed by atoms with Crippen LogP contribution in [0.1, 0.15) is 45.6 Å². The lowest BCUT2D eigenvalue weighted by Crippen LogP contribution is -2.40. The van der Waals surface area contributed by atoms with Crippen molar-refractivity contribution in [3.63, 3.8) is 0 Å². The molecule has 0 saturated carbocycles. The lowest BCUT2D eigenvalue weighted by atomic mass is 9.86. The summed E-state index contributed by atoms with van der Waals surface area (Å²) in [5.74, 6) is -0.579. The number of likely N-dealkylation sites (tertiary alicyclic amines) is 1. The predicted molar refractivity (Wildman–Crippen MR) is 87.6 cm³/mol. The van der Waals surface area contributed by atoms with Crippen molar-refractivity contribution < 1.29 is 19.4 Å². The fourth-order valence-electron chi connectivity index (χ4n) is 2.97. The highest BCUT2D eigenvalue weighted by Gasteiger charge is 2.30. The Morgan fingerprint density at radius 2 is 2.00 bits per heavy atom. The zero-order valence-electron chi connectivity index (χ0n) is 14.0. The van der Waals surface area contributed by atoms with Crippen molar-refractivity contribution in [2.45, 2.75) is 51.5 Å². The summed E-state index contributed by atoms with van der Waals surface area (Å²) >= 11 is 0. The van der Waals surface area contributed by atoms with Gasteiger partial charge in [0.2, 0.25) is 5.91 Å². The van der Waals surface area contributed by atoms with Gasteiger partial charge in [0.1, 0.15) is 18.8 Å². The van der Waals surface area contributed by atoms with Crippen molar-refractivity contribution in [3.05, 3.63) is 29.8 Å². The Kier molecular flexibility index (Phi) is 5.29. The van der Waals surface area contributed by atoms with E-state index in [1.54, 1.807) is 4.90 Å². The molecule has 0 spiro atoms. The largest absolute Gasteiger partial charge is 0.491 e. The number of nitrogens with zero attached hydrogens (tertiary/aromatic N) is 1. The van der Waals surface area contributed by atoms with Gasteiger partial charge >= 0.3 is 5.97 Å². The zero-order valence-corrected chi connectivity index (χ0v) is 14.0. The lowest BCUT2D eigenvalue weighted by Gasteiger charge is -2.27. The number of carbonyl (C=O) groups is 2. The predicted octanol–water partition coefficient (Wildman–Crippen LogP) is 2.83. The Labute approximate surface area is 137 Å². The second-order valence-electron chi connectivity index (χ2n) is 7.01. The smallest absolute Gasteiger partial charge is 0.312 e. The average molecular weight is 319 g/mol. The van der Waals surface area contributed by atoms with Crippen LogP contribution in [0, 0.1) is 0 Å². The van der Waals surface area contributed by atoms with Crippen LogP contribution >= 0.6 is 0 Å². The monoisotopic (exact) mass is 319 g/mol. The van der Waals surface area contributed by atoms with E-state index in [-0.39, 0.29) is 17.4 Å². The third kappa shape index (κ3) is 4.47. The number of rotatable bonds is 5. The average Bonchev–Trinajstić information content (AvgIpc) is 2.92. The number of benzene rings is 1. The highest BCUT2D eigenvalue weighted by atomic mass is 16.5. The van der Waals surface area contributed by atoms with Gasteiger partial charge in [-0.3, -0.25) is 9.59 Å². The number of aliphatic carboxylic acids is 1.